The van der Waals surface area contributed by atoms with Crippen LogP contribution in [0.5, 0.6) is 0 Å². The monoisotopic (exact) mass is 244 g/mol. The predicted molar refractivity (Wildman–Crippen MR) is 65.6 cm³/mol. The van der Waals surface area contributed by atoms with Crippen LogP contribution >= 0.6 is 0 Å². The Morgan fingerprint density at radius 2 is 2.35 bits per heavy atom. The standard InChI is InChI=1S/C12H24N2O3/c1-4-11(2,7-13)10(15)14-8-12(16-3)5-6-17-9-12/h4-9,13H2,1-3H3,(H,14,15). The van der Waals surface area contributed by atoms with E-state index in [4.69, 9.17) is 15.2 Å². The van der Waals surface area contributed by atoms with E-state index in [1.54, 1.807) is 7.11 Å². The second-order valence-electron chi connectivity index (χ2n) is 4.99. The van der Waals surface area contributed by atoms with E-state index in [9.17, 15) is 4.79 Å². The number of hydrogen-bond acceptors (Lipinski definition) is 4. The molecular formula is C12H24N2O3. The van der Waals surface area contributed by atoms with Crippen molar-refractivity contribution in [3.63, 3.8) is 0 Å². The Labute approximate surface area is 103 Å². The van der Waals surface area contributed by atoms with E-state index < -0.39 is 5.41 Å². The van der Waals surface area contributed by atoms with Crippen LogP contribution in [0.25, 0.3) is 0 Å². The van der Waals surface area contributed by atoms with Gasteiger partial charge in [0.25, 0.3) is 0 Å². The van der Waals surface area contributed by atoms with Crippen molar-refractivity contribution in [2.45, 2.75) is 32.3 Å². The van der Waals surface area contributed by atoms with Crippen LogP contribution < -0.4 is 11.1 Å². The Bertz CT molecular complexity index is 258. The van der Waals surface area contributed by atoms with Gasteiger partial charge in [0.2, 0.25) is 5.91 Å². The van der Waals surface area contributed by atoms with Gasteiger partial charge in [0.1, 0.15) is 5.60 Å². The number of carbonyl (C=O) groups is 1. The average molecular weight is 244 g/mol. The Kier molecular flexibility index (Phi) is 4.91. The first-order valence-corrected chi connectivity index (χ1v) is 6.13. The van der Waals surface area contributed by atoms with Gasteiger partial charge in [-0.15, -0.1) is 0 Å². The molecule has 0 aliphatic carbocycles. The van der Waals surface area contributed by atoms with Crippen LogP contribution in [0.15, 0.2) is 0 Å². The highest BCUT2D eigenvalue weighted by Crippen LogP contribution is 2.23. The summed E-state index contributed by atoms with van der Waals surface area (Å²) in [6.45, 7) is 5.91. The van der Waals surface area contributed by atoms with Crippen molar-refractivity contribution in [1.82, 2.24) is 5.32 Å². The Morgan fingerprint density at radius 3 is 2.76 bits per heavy atom. The van der Waals surface area contributed by atoms with Crippen molar-refractivity contribution >= 4 is 5.91 Å². The SMILES string of the molecule is CCC(C)(CN)C(=O)NCC1(OC)CCOC1. The van der Waals surface area contributed by atoms with Gasteiger partial charge in [-0.25, -0.2) is 0 Å². The lowest BCUT2D eigenvalue weighted by molar-refractivity contribution is -0.131. The van der Waals surface area contributed by atoms with Crippen molar-refractivity contribution in [2.24, 2.45) is 11.1 Å². The average Bonchev–Trinajstić information content (AvgIpc) is 2.84. The van der Waals surface area contributed by atoms with Crippen molar-refractivity contribution in [3.05, 3.63) is 0 Å². The maximum atomic E-state index is 12.1. The van der Waals surface area contributed by atoms with Crippen molar-refractivity contribution < 1.29 is 14.3 Å². The van der Waals surface area contributed by atoms with Crippen LogP contribution in [0, 0.1) is 5.41 Å². The smallest absolute Gasteiger partial charge is 0.227 e. The summed E-state index contributed by atoms with van der Waals surface area (Å²) in [6, 6.07) is 0. The molecule has 2 unspecified atom stereocenters. The second-order valence-corrected chi connectivity index (χ2v) is 4.99. The van der Waals surface area contributed by atoms with Gasteiger partial charge in [-0.1, -0.05) is 6.92 Å². The molecule has 1 amide bonds. The van der Waals surface area contributed by atoms with Crippen LogP contribution in [0.1, 0.15) is 26.7 Å². The van der Waals surface area contributed by atoms with Gasteiger partial charge in [0, 0.05) is 33.2 Å². The third-order valence-corrected chi connectivity index (χ3v) is 3.85. The second kappa shape index (κ2) is 5.80. The molecule has 1 aliphatic heterocycles. The molecule has 3 N–H and O–H groups in total. The summed E-state index contributed by atoms with van der Waals surface area (Å²) >= 11 is 0. The normalized spacial score (nSPS) is 27.8. The van der Waals surface area contributed by atoms with E-state index in [1.807, 2.05) is 13.8 Å². The molecule has 1 heterocycles. The number of carbonyl (C=O) groups excluding carboxylic acids is 1. The summed E-state index contributed by atoms with van der Waals surface area (Å²) in [4.78, 5) is 12.1. The molecule has 1 aliphatic rings. The van der Waals surface area contributed by atoms with E-state index in [0.717, 1.165) is 12.8 Å². The highest BCUT2D eigenvalue weighted by Gasteiger charge is 2.37. The molecule has 0 aromatic carbocycles. The molecule has 1 rings (SSSR count). The molecule has 0 aromatic rings. The summed E-state index contributed by atoms with van der Waals surface area (Å²) in [5.74, 6) is -0.00850. The zero-order valence-corrected chi connectivity index (χ0v) is 11.0. The number of amides is 1. The maximum absolute atomic E-state index is 12.1. The van der Waals surface area contributed by atoms with Crippen molar-refractivity contribution in [2.75, 3.05) is 33.4 Å². The molecule has 5 nitrogen and oxygen atoms in total. The number of rotatable bonds is 6. The van der Waals surface area contributed by atoms with E-state index in [0.29, 0.717) is 26.3 Å². The molecule has 0 radical (unpaired) electrons. The van der Waals surface area contributed by atoms with Gasteiger partial charge < -0.3 is 20.5 Å². The van der Waals surface area contributed by atoms with Gasteiger partial charge in [-0.05, 0) is 13.3 Å². The van der Waals surface area contributed by atoms with Gasteiger partial charge in [-0.3, -0.25) is 4.79 Å². The number of nitrogens with one attached hydrogen (secondary N) is 1. The predicted octanol–water partition coefficient (Wildman–Crippen LogP) is 0.283. The number of ether oxygens (including phenoxy) is 2. The Balaban J connectivity index is 2.52. The number of nitrogens with two attached hydrogens (primary N) is 1. The van der Waals surface area contributed by atoms with Crippen molar-refractivity contribution in [3.8, 4) is 0 Å². The lowest BCUT2D eigenvalue weighted by Gasteiger charge is -2.30. The van der Waals surface area contributed by atoms with Gasteiger partial charge in [-0.2, -0.15) is 0 Å². The van der Waals surface area contributed by atoms with E-state index in [1.165, 1.54) is 0 Å². The molecule has 0 bridgehead atoms. The summed E-state index contributed by atoms with van der Waals surface area (Å²) in [6.07, 6.45) is 1.54. The maximum Gasteiger partial charge on any atom is 0.227 e. The van der Waals surface area contributed by atoms with E-state index in [2.05, 4.69) is 5.32 Å². The summed E-state index contributed by atoms with van der Waals surface area (Å²) < 4.78 is 10.8. The van der Waals surface area contributed by atoms with Crippen LogP contribution in [0.4, 0.5) is 0 Å². The Morgan fingerprint density at radius 1 is 1.65 bits per heavy atom. The quantitative estimate of drug-likeness (QED) is 0.704. The zero-order chi connectivity index (χ0) is 12.9. The molecule has 1 saturated heterocycles. The van der Waals surface area contributed by atoms with Gasteiger partial charge >= 0.3 is 0 Å². The van der Waals surface area contributed by atoms with Gasteiger partial charge in [0.05, 0.1) is 12.0 Å². The number of methoxy groups -OCH3 is 1. The van der Waals surface area contributed by atoms with Crippen LogP contribution in [0.3, 0.4) is 0 Å². The molecule has 0 spiro atoms. The third kappa shape index (κ3) is 3.18. The first kappa shape index (κ1) is 14.4. The van der Waals surface area contributed by atoms with E-state index >= 15 is 0 Å². The lowest BCUT2D eigenvalue weighted by Crippen LogP contribution is -2.50. The van der Waals surface area contributed by atoms with Crippen LogP contribution in [0.2, 0.25) is 0 Å². The molecular weight excluding hydrogens is 220 g/mol. The first-order chi connectivity index (χ1) is 8.02. The zero-order valence-electron chi connectivity index (χ0n) is 11.0. The fraction of sp³-hybridized carbons (Fsp3) is 0.917. The summed E-state index contributed by atoms with van der Waals surface area (Å²) in [7, 11) is 1.66. The fourth-order valence-corrected chi connectivity index (χ4v) is 1.81. The van der Waals surface area contributed by atoms with Crippen LogP contribution in [-0.2, 0) is 14.3 Å². The molecule has 1 fully saturated rings. The summed E-state index contributed by atoms with van der Waals surface area (Å²) in [5, 5.41) is 2.93. The molecule has 100 valence electrons. The highest BCUT2D eigenvalue weighted by molar-refractivity contribution is 5.82. The Hall–Kier alpha value is -0.650. The fourth-order valence-electron chi connectivity index (χ4n) is 1.81. The highest BCUT2D eigenvalue weighted by atomic mass is 16.5. The topological polar surface area (TPSA) is 73.6 Å². The minimum Gasteiger partial charge on any atom is -0.378 e. The van der Waals surface area contributed by atoms with Crippen LogP contribution in [-0.4, -0.2) is 44.9 Å². The molecule has 0 saturated carbocycles. The molecule has 2 atom stereocenters. The number of hydrogen-bond donors (Lipinski definition) is 2. The third-order valence-electron chi connectivity index (χ3n) is 3.85. The van der Waals surface area contributed by atoms with Gasteiger partial charge in [0.15, 0.2) is 0 Å². The molecule has 5 heteroatoms. The largest absolute Gasteiger partial charge is 0.378 e. The summed E-state index contributed by atoms with van der Waals surface area (Å²) in [5.41, 5.74) is 4.80. The molecule has 0 aromatic heterocycles. The first-order valence-electron chi connectivity index (χ1n) is 6.13. The lowest BCUT2D eigenvalue weighted by atomic mass is 9.86. The minimum absolute atomic E-state index is 0.00850. The van der Waals surface area contributed by atoms with Crippen molar-refractivity contribution in [1.29, 1.82) is 0 Å². The minimum atomic E-state index is -0.492. The van der Waals surface area contributed by atoms with E-state index in [-0.39, 0.29) is 11.5 Å². The molecule has 17 heavy (non-hydrogen) atoms.